The Kier molecular flexibility index (Phi) is 5.27. The van der Waals surface area contributed by atoms with Gasteiger partial charge in [0.05, 0.1) is 5.69 Å². The lowest BCUT2D eigenvalue weighted by Crippen LogP contribution is -2.23. The number of aromatic nitrogens is 1. The standard InChI is InChI=1S/C17H23N3/c1-14-7-6-10-16(19-14)13-20(2)12-11-17(18)15-8-4-3-5-9-15/h3-10,17H,11-13,18H2,1-2H3. The summed E-state index contributed by atoms with van der Waals surface area (Å²) in [7, 11) is 2.11. The van der Waals surface area contributed by atoms with Crippen molar-refractivity contribution in [2.24, 2.45) is 5.73 Å². The van der Waals surface area contributed by atoms with Crippen molar-refractivity contribution in [1.29, 1.82) is 0 Å². The molecule has 3 heteroatoms. The van der Waals surface area contributed by atoms with Crippen molar-refractivity contribution >= 4 is 0 Å². The van der Waals surface area contributed by atoms with Gasteiger partial charge in [0.1, 0.15) is 0 Å². The zero-order valence-electron chi connectivity index (χ0n) is 12.3. The maximum Gasteiger partial charge on any atom is 0.0547 e. The number of benzene rings is 1. The van der Waals surface area contributed by atoms with Gasteiger partial charge in [0.2, 0.25) is 0 Å². The van der Waals surface area contributed by atoms with E-state index in [1.807, 2.05) is 31.2 Å². The predicted molar refractivity (Wildman–Crippen MR) is 83.3 cm³/mol. The highest BCUT2D eigenvalue weighted by Crippen LogP contribution is 2.14. The number of pyridine rings is 1. The van der Waals surface area contributed by atoms with Crippen LogP contribution in [0.25, 0.3) is 0 Å². The fourth-order valence-electron chi connectivity index (χ4n) is 2.27. The molecule has 1 aromatic carbocycles. The fourth-order valence-corrected chi connectivity index (χ4v) is 2.27. The molecule has 0 aliphatic rings. The molecule has 0 fully saturated rings. The van der Waals surface area contributed by atoms with Crippen LogP contribution in [0.5, 0.6) is 0 Å². The molecule has 1 aromatic heterocycles. The van der Waals surface area contributed by atoms with Crippen LogP contribution < -0.4 is 5.73 Å². The van der Waals surface area contributed by atoms with Gasteiger partial charge in [-0.2, -0.15) is 0 Å². The zero-order valence-corrected chi connectivity index (χ0v) is 12.3. The molecule has 0 bridgehead atoms. The quantitative estimate of drug-likeness (QED) is 0.876. The first kappa shape index (κ1) is 14.7. The van der Waals surface area contributed by atoms with Gasteiger partial charge in [0.25, 0.3) is 0 Å². The van der Waals surface area contributed by atoms with E-state index < -0.39 is 0 Å². The van der Waals surface area contributed by atoms with Crippen LogP contribution in [-0.2, 0) is 6.54 Å². The van der Waals surface area contributed by atoms with Gasteiger partial charge in [-0.15, -0.1) is 0 Å². The molecule has 0 saturated heterocycles. The lowest BCUT2D eigenvalue weighted by atomic mass is 10.0. The molecule has 0 aliphatic heterocycles. The molecule has 2 N–H and O–H groups in total. The summed E-state index contributed by atoms with van der Waals surface area (Å²) in [6.45, 7) is 3.85. The summed E-state index contributed by atoms with van der Waals surface area (Å²) < 4.78 is 0. The third-order valence-corrected chi connectivity index (χ3v) is 3.43. The van der Waals surface area contributed by atoms with Crippen LogP contribution in [0, 0.1) is 6.92 Å². The molecule has 106 valence electrons. The van der Waals surface area contributed by atoms with Crippen molar-refractivity contribution in [1.82, 2.24) is 9.88 Å². The first-order valence-electron chi connectivity index (χ1n) is 7.07. The monoisotopic (exact) mass is 269 g/mol. The SMILES string of the molecule is Cc1cccc(CN(C)CCC(N)c2ccccc2)n1. The van der Waals surface area contributed by atoms with E-state index in [-0.39, 0.29) is 6.04 Å². The summed E-state index contributed by atoms with van der Waals surface area (Å²) in [6.07, 6.45) is 0.951. The van der Waals surface area contributed by atoms with Crippen LogP contribution in [0.3, 0.4) is 0 Å². The van der Waals surface area contributed by atoms with E-state index in [4.69, 9.17) is 5.73 Å². The van der Waals surface area contributed by atoms with Crippen molar-refractivity contribution in [3.63, 3.8) is 0 Å². The Bertz CT molecular complexity index is 525. The highest BCUT2D eigenvalue weighted by molar-refractivity contribution is 5.18. The van der Waals surface area contributed by atoms with Gasteiger partial charge in [-0.05, 0) is 38.1 Å². The number of nitrogens with two attached hydrogens (primary N) is 1. The Hall–Kier alpha value is -1.71. The zero-order chi connectivity index (χ0) is 14.4. The van der Waals surface area contributed by atoms with Crippen LogP contribution >= 0.6 is 0 Å². The van der Waals surface area contributed by atoms with Crippen molar-refractivity contribution in [2.45, 2.75) is 25.9 Å². The third-order valence-electron chi connectivity index (χ3n) is 3.43. The maximum atomic E-state index is 6.22. The molecule has 20 heavy (non-hydrogen) atoms. The van der Waals surface area contributed by atoms with Crippen molar-refractivity contribution in [2.75, 3.05) is 13.6 Å². The largest absolute Gasteiger partial charge is 0.324 e. The van der Waals surface area contributed by atoms with E-state index in [1.54, 1.807) is 0 Å². The van der Waals surface area contributed by atoms with E-state index in [0.29, 0.717) is 0 Å². The minimum absolute atomic E-state index is 0.101. The Balaban J connectivity index is 1.82. The summed E-state index contributed by atoms with van der Waals surface area (Å²) >= 11 is 0. The molecule has 1 unspecified atom stereocenters. The molecule has 0 amide bonds. The summed E-state index contributed by atoms with van der Waals surface area (Å²) in [5, 5.41) is 0. The molecule has 1 atom stereocenters. The van der Waals surface area contributed by atoms with Crippen molar-refractivity contribution in [3.8, 4) is 0 Å². The average Bonchev–Trinajstić information content (AvgIpc) is 2.46. The Morgan fingerprint density at radius 1 is 1.10 bits per heavy atom. The molecule has 0 radical (unpaired) electrons. The number of hydrogen-bond donors (Lipinski definition) is 1. The Labute approximate surface area is 121 Å². The maximum absolute atomic E-state index is 6.22. The average molecular weight is 269 g/mol. The molecule has 0 aliphatic carbocycles. The summed E-state index contributed by atoms with van der Waals surface area (Å²) in [6, 6.07) is 16.5. The van der Waals surface area contributed by atoms with Gasteiger partial charge in [-0.25, -0.2) is 0 Å². The molecule has 3 nitrogen and oxygen atoms in total. The summed E-state index contributed by atoms with van der Waals surface area (Å²) in [5.74, 6) is 0. The van der Waals surface area contributed by atoms with Gasteiger partial charge in [-0.3, -0.25) is 4.98 Å². The van der Waals surface area contributed by atoms with E-state index in [2.05, 4.69) is 41.2 Å². The Morgan fingerprint density at radius 2 is 1.85 bits per heavy atom. The smallest absolute Gasteiger partial charge is 0.0547 e. The van der Waals surface area contributed by atoms with Crippen molar-refractivity contribution in [3.05, 3.63) is 65.5 Å². The van der Waals surface area contributed by atoms with E-state index in [1.165, 1.54) is 5.56 Å². The summed E-state index contributed by atoms with van der Waals surface area (Å²) in [4.78, 5) is 6.79. The Morgan fingerprint density at radius 3 is 2.55 bits per heavy atom. The third kappa shape index (κ3) is 4.44. The normalized spacial score (nSPS) is 12.6. The molecular weight excluding hydrogens is 246 g/mol. The highest BCUT2D eigenvalue weighted by atomic mass is 15.1. The lowest BCUT2D eigenvalue weighted by molar-refractivity contribution is 0.308. The number of aryl methyl sites for hydroxylation is 1. The highest BCUT2D eigenvalue weighted by Gasteiger charge is 2.08. The second kappa shape index (κ2) is 7.17. The topological polar surface area (TPSA) is 42.1 Å². The lowest BCUT2D eigenvalue weighted by Gasteiger charge is -2.19. The number of rotatable bonds is 6. The predicted octanol–water partition coefficient (Wildman–Crippen LogP) is 2.91. The molecule has 2 rings (SSSR count). The van der Waals surface area contributed by atoms with Gasteiger partial charge >= 0.3 is 0 Å². The fraction of sp³-hybridized carbons (Fsp3) is 0.353. The van der Waals surface area contributed by atoms with Gasteiger partial charge in [-0.1, -0.05) is 36.4 Å². The van der Waals surface area contributed by atoms with Gasteiger partial charge < -0.3 is 10.6 Å². The van der Waals surface area contributed by atoms with Crippen LogP contribution in [0.4, 0.5) is 0 Å². The second-order valence-electron chi connectivity index (χ2n) is 5.31. The molecular formula is C17H23N3. The number of hydrogen-bond acceptors (Lipinski definition) is 3. The minimum Gasteiger partial charge on any atom is -0.324 e. The van der Waals surface area contributed by atoms with Crippen LogP contribution in [-0.4, -0.2) is 23.5 Å². The molecule has 2 aromatic rings. The van der Waals surface area contributed by atoms with E-state index in [9.17, 15) is 0 Å². The van der Waals surface area contributed by atoms with Crippen LogP contribution in [0.15, 0.2) is 48.5 Å². The minimum atomic E-state index is 0.101. The van der Waals surface area contributed by atoms with Gasteiger partial charge in [0.15, 0.2) is 0 Å². The second-order valence-corrected chi connectivity index (χ2v) is 5.31. The molecule has 1 heterocycles. The van der Waals surface area contributed by atoms with E-state index in [0.717, 1.165) is 30.9 Å². The van der Waals surface area contributed by atoms with Crippen LogP contribution in [0.2, 0.25) is 0 Å². The van der Waals surface area contributed by atoms with Crippen molar-refractivity contribution < 1.29 is 0 Å². The van der Waals surface area contributed by atoms with Gasteiger partial charge in [0, 0.05) is 24.8 Å². The first-order valence-corrected chi connectivity index (χ1v) is 7.07. The van der Waals surface area contributed by atoms with E-state index >= 15 is 0 Å². The first-order chi connectivity index (χ1) is 9.65. The number of nitrogens with zero attached hydrogens (tertiary/aromatic N) is 2. The molecule has 0 saturated carbocycles. The summed E-state index contributed by atoms with van der Waals surface area (Å²) in [5.41, 5.74) is 9.60. The van der Waals surface area contributed by atoms with Crippen LogP contribution in [0.1, 0.15) is 29.4 Å². The molecule has 0 spiro atoms.